The predicted molar refractivity (Wildman–Crippen MR) is 70.7 cm³/mol. The van der Waals surface area contributed by atoms with Crippen molar-refractivity contribution in [3.63, 3.8) is 0 Å². The minimum Gasteiger partial charge on any atom is -0.166 e. The monoisotopic (exact) mass is 266 g/mol. The second kappa shape index (κ2) is 5.64. The quantitative estimate of drug-likeness (QED) is 0.674. The molecule has 2 rings (SSSR count). The lowest BCUT2D eigenvalue weighted by Crippen LogP contribution is -2.12. The molecule has 1 aliphatic carbocycles. The molecule has 102 valence electrons. The number of rotatable bonds is 3. The first-order valence-electron chi connectivity index (χ1n) is 6.44. The number of allylic oxidation sites excluding steroid dienone is 3. The molecule has 0 spiro atoms. The van der Waals surface area contributed by atoms with Gasteiger partial charge in [-0.1, -0.05) is 30.4 Å². The first kappa shape index (κ1) is 13.9. The Balaban J connectivity index is 2.00. The van der Waals surface area contributed by atoms with Crippen molar-refractivity contribution in [3.05, 3.63) is 60.2 Å². The van der Waals surface area contributed by atoms with Crippen LogP contribution in [0, 0.1) is 11.8 Å². The third kappa shape index (κ3) is 3.72. The van der Waals surface area contributed by atoms with E-state index >= 15 is 0 Å². The van der Waals surface area contributed by atoms with Gasteiger partial charge in [-0.25, -0.2) is 0 Å². The Morgan fingerprint density at radius 2 is 1.89 bits per heavy atom. The van der Waals surface area contributed by atoms with Gasteiger partial charge in [0.2, 0.25) is 0 Å². The van der Waals surface area contributed by atoms with E-state index in [1.165, 1.54) is 12.1 Å². The Morgan fingerprint density at radius 3 is 2.47 bits per heavy atom. The lowest BCUT2D eigenvalue weighted by atomic mass is 9.83. The highest BCUT2D eigenvalue weighted by atomic mass is 19.4. The minimum atomic E-state index is -4.25. The fraction of sp³-hybridized carbons (Fsp3) is 0.375. The predicted octanol–water partition coefficient (Wildman–Crippen LogP) is 5.02. The van der Waals surface area contributed by atoms with Crippen LogP contribution in [0.1, 0.15) is 24.0 Å². The zero-order valence-electron chi connectivity index (χ0n) is 10.7. The van der Waals surface area contributed by atoms with Crippen LogP contribution in [0.25, 0.3) is 0 Å². The second-order valence-electron chi connectivity index (χ2n) is 5.06. The van der Waals surface area contributed by atoms with Gasteiger partial charge in [0.25, 0.3) is 0 Å². The number of benzene rings is 1. The fourth-order valence-corrected chi connectivity index (χ4v) is 2.51. The van der Waals surface area contributed by atoms with Gasteiger partial charge in [-0.3, -0.25) is 0 Å². The highest BCUT2D eigenvalue weighted by molar-refractivity contribution is 5.25. The van der Waals surface area contributed by atoms with E-state index in [0.717, 1.165) is 24.8 Å². The summed E-state index contributed by atoms with van der Waals surface area (Å²) in [5.74, 6) is 0.887. The van der Waals surface area contributed by atoms with E-state index in [4.69, 9.17) is 0 Å². The summed E-state index contributed by atoms with van der Waals surface area (Å²) in [7, 11) is 0. The molecule has 0 nitrogen and oxygen atoms in total. The van der Waals surface area contributed by atoms with Crippen LogP contribution < -0.4 is 0 Å². The molecule has 1 aromatic rings. The molecule has 0 N–H and O–H groups in total. The van der Waals surface area contributed by atoms with Crippen molar-refractivity contribution in [1.82, 2.24) is 0 Å². The van der Waals surface area contributed by atoms with Gasteiger partial charge in [0.05, 0.1) is 5.56 Å². The molecule has 2 unspecified atom stereocenters. The van der Waals surface area contributed by atoms with Crippen LogP contribution in [-0.4, -0.2) is 0 Å². The average Bonchev–Trinajstić information content (AvgIpc) is 2.38. The zero-order valence-corrected chi connectivity index (χ0v) is 10.7. The number of halogens is 3. The van der Waals surface area contributed by atoms with E-state index in [-0.39, 0.29) is 0 Å². The Labute approximate surface area is 111 Å². The molecule has 3 heteroatoms. The van der Waals surface area contributed by atoms with Crippen LogP contribution in [-0.2, 0) is 12.6 Å². The number of hydrogen-bond donors (Lipinski definition) is 0. The van der Waals surface area contributed by atoms with Gasteiger partial charge in [0, 0.05) is 0 Å². The molecule has 0 aliphatic heterocycles. The van der Waals surface area contributed by atoms with Gasteiger partial charge in [-0.2, -0.15) is 13.2 Å². The molecular weight excluding hydrogens is 249 g/mol. The van der Waals surface area contributed by atoms with E-state index in [9.17, 15) is 13.2 Å². The highest BCUT2D eigenvalue weighted by Crippen LogP contribution is 2.31. The third-order valence-corrected chi connectivity index (χ3v) is 3.57. The molecule has 0 heterocycles. The lowest BCUT2D eigenvalue weighted by molar-refractivity contribution is -0.137. The number of hydrogen-bond acceptors (Lipinski definition) is 0. The highest BCUT2D eigenvalue weighted by Gasteiger charge is 2.30. The van der Waals surface area contributed by atoms with Crippen LogP contribution >= 0.6 is 0 Å². The summed E-state index contributed by atoms with van der Waals surface area (Å²) >= 11 is 0. The summed E-state index contributed by atoms with van der Waals surface area (Å²) in [6.45, 7) is 3.79. The second-order valence-corrected chi connectivity index (χ2v) is 5.06. The summed E-state index contributed by atoms with van der Waals surface area (Å²) in [6, 6.07) is 5.51. The van der Waals surface area contributed by atoms with E-state index in [1.807, 2.05) is 6.08 Å². The smallest absolute Gasteiger partial charge is 0.166 e. The van der Waals surface area contributed by atoms with Crippen LogP contribution in [0.5, 0.6) is 0 Å². The molecule has 0 aromatic heterocycles. The maximum Gasteiger partial charge on any atom is 0.416 e. The van der Waals surface area contributed by atoms with Crippen LogP contribution in [0.4, 0.5) is 13.2 Å². The molecule has 1 aromatic carbocycles. The van der Waals surface area contributed by atoms with E-state index in [0.29, 0.717) is 11.8 Å². The summed E-state index contributed by atoms with van der Waals surface area (Å²) in [5, 5.41) is 0. The van der Waals surface area contributed by atoms with Gasteiger partial charge in [0.1, 0.15) is 0 Å². The molecule has 0 fully saturated rings. The molecule has 0 amide bonds. The lowest BCUT2D eigenvalue weighted by Gasteiger charge is -2.22. The molecular formula is C16H17F3. The van der Waals surface area contributed by atoms with Gasteiger partial charge in [-0.05, 0) is 48.8 Å². The van der Waals surface area contributed by atoms with Crippen LogP contribution in [0.15, 0.2) is 49.1 Å². The third-order valence-electron chi connectivity index (χ3n) is 3.57. The first-order valence-corrected chi connectivity index (χ1v) is 6.44. The summed E-state index contributed by atoms with van der Waals surface area (Å²) in [6.07, 6.45) is 4.81. The SMILES string of the molecule is C=CC1C=CCC(Cc2ccc(C(F)(F)F)cc2)C1. The Bertz CT molecular complexity index is 454. The average molecular weight is 266 g/mol. The van der Waals surface area contributed by atoms with Crippen molar-refractivity contribution >= 4 is 0 Å². The van der Waals surface area contributed by atoms with E-state index in [2.05, 4.69) is 18.7 Å². The summed E-state index contributed by atoms with van der Waals surface area (Å²) in [5.41, 5.74) is 0.389. The van der Waals surface area contributed by atoms with Gasteiger partial charge in [-0.15, -0.1) is 6.58 Å². The van der Waals surface area contributed by atoms with Gasteiger partial charge >= 0.3 is 6.18 Å². The topological polar surface area (TPSA) is 0 Å². The Morgan fingerprint density at radius 1 is 1.21 bits per heavy atom. The first-order chi connectivity index (χ1) is 8.99. The van der Waals surface area contributed by atoms with Crippen molar-refractivity contribution in [1.29, 1.82) is 0 Å². The summed E-state index contributed by atoms with van der Waals surface area (Å²) < 4.78 is 37.4. The molecule has 0 saturated carbocycles. The molecule has 0 radical (unpaired) electrons. The maximum atomic E-state index is 12.5. The molecule has 0 bridgehead atoms. The van der Waals surface area contributed by atoms with Crippen molar-refractivity contribution in [2.45, 2.75) is 25.4 Å². The minimum absolute atomic E-state index is 0.396. The van der Waals surface area contributed by atoms with Crippen molar-refractivity contribution < 1.29 is 13.2 Å². The molecule has 2 atom stereocenters. The van der Waals surface area contributed by atoms with E-state index in [1.54, 1.807) is 12.1 Å². The molecule has 0 saturated heterocycles. The van der Waals surface area contributed by atoms with Crippen molar-refractivity contribution in [3.8, 4) is 0 Å². The zero-order chi connectivity index (χ0) is 13.9. The Hall–Kier alpha value is -1.51. The largest absolute Gasteiger partial charge is 0.416 e. The molecule has 19 heavy (non-hydrogen) atoms. The normalized spacial score (nSPS) is 23.3. The standard InChI is InChI=1S/C16H17F3/c1-2-12-4-3-5-14(10-12)11-13-6-8-15(9-7-13)16(17,18)19/h2-4,6-9,12,14H,1,5,10-11H2. The van der Waals surface area contributed by atoms with Gasteiger partial charge < -0.3 is 0 Å². The fourth-order valence-electron chi connectivity index (χ4n) is 2.51. The Kier molecular flexibility index (Phi) is 4.13. The maximum absolute atomic E-state index is 12.5. The van der Waals surface area contributed by atoms with Crippen molar-refractivity contribution in [2.24, 2.45) is 11.8 Å². The summed E-state index contributed by atoms with van der Waals surface area (Å²) in [4.78, 5) is 0. The van der Waals surface area contributed by atoms with Crippen LogP contribution in [0.3, 0.4) is 0 Å². The van der Waals surface area contributed by atoms with Crippen molar-refractivity contribution in [2.75, 3.05) is 0 Å². The molecule has 1 aliphatic rings. The van der Waals surface area contributed by atoms with Gasteiger partial charge in [0.15, 0.2) is 0 Å². The van der Waals surface area contributed by atoms with Crippen LogP contribution in [0.2, 0.25) is 0 Å². The number of alkyl halides is 3. The van der Waals surface area contributed by atoms with E-state index < -0.39 is 11.7 Å².